The van der Waals surface area contributed by atoms with E-state index >= 15 is 0 Å². The molecule has 178 valence electrons. The van der Waals surface area contributed by atoms with Gasteiger partial charge in [0.2, 0.25) is 0 Å². The molecule has 0 amide bonds. The van der Waals surface area contributed by atoms with Crippen molar-refractivity contribution >= 4 is 5.97 Å². The lowest BCUT2D eigenvalue weighted by molar-refractivity contribution is -0.921. The van der Waals surface area contributed by atoms with E-state index in [1.165, 1.54) is 6.42 Å². The average Bonchev–Trinajstić information content (AvgIpc) is 3.23. The van der Waals surface area contributed by atoms with Gasteiger partial charge in [-0.1, -0.05) is 49.6 Å². The number of benzene rings is 1. The van der Waals surface area contributed by atoms with Crippen LogP contribution in [0.2, 0.25) is 0 Å². The van der Waals surface area contributed by atoms with Crippen molar-refractivity contribution in [2.45, 2.75) is 69.4 Å². The van der Waals surface area contributed by atoms with Crippen molar-refractivity contribution in [3.8, 4) is 0 Å². The first-order valence-electron chi connectivity index (χ1n) is 12.6. The number of aromatic nitrogens is 2. The third-order valence-corrected chi connectivity index (χ3v) is 7.96. The van der Waals surface area contributed by atoms with Gasteiger partial charge in [-0.3, -0.25) is 0 Å². The molecule has 2 aromatic rings. The molecule has 0 bridgehead atoms. The van der Waals surface area contributed by atoms with Crippen LogP contribution in [0.5, 0.6) is 0 Å². The van der Waals surface area contributed by atoms with Crippen molar-refractivity contribution in [2.75, 3.05) is 26.7 Å². The smallest absolute Gasteiger partial charge is 0.343 e. The monoisotopic (exact) mass is 452 g/mol. The third kappa shape index (κ3) is 5.44. The van der Waals surface area contributed by atoms with Crippen LogP contribution in [0.15, 0.2) is 49.1 Å². The maximum Gasteiger partial charge on any atom is 0.343 e. The summed E-state index contributed by atoms with van der Waals surface area (Å²) in [6, 6.07) is 9.68. The highest BCUT2D eigenvalue weighted by molar-refractivity contribution is 5.81. The van der Waals surface area contributed by atoms with Gasteiger partial charge in [0, 0.05) is 37.6 Å². The van der Waals surface area contributed by atoms with Crippen LogP contribution in [0.4, 0.5) is 0 Å². The van der Waals surface area contributed by atoms with Gasteiger partial charge in [0.1, 0.15) is 19.0 Å². The Morgan fingerprint density at radius 1 is 1.09 bits per heavy atom. The predicted molar refractivity (Wildman–Crippen MR) is 127 cm³/mol. The number of hydrogen-bond acceptors (Lipinski definition) is 5. The van der Waals surface area contributed by atoms with Gasteiger partial charge in [-0.2, -0.15) is 0 Å². The number of rotatable bonds is 9. The van der Waals surface area contributed by atoms with Crippen molar-refractivity contribution in [2.24, 2.45) is 5.92 Å². The largest absolute Gasteiger partial charge is 0.457 e. The Hall–Kier alpha value is -2.31. The molecule has 33 heavy (non-hydrogen) atoms. The fourth-order valence-electron chi connectivity index (χ4n) is 5.86. The van der Waals surface area contributed by atoms with Crippen molar-refractivity contribution in [3.63, 3.8) is 0 Å². The van der Waals surface area contributed by atoms with Gasteiger partial charge < -0.3 is 14.3 Å². The molecule has 1 N–H and O–H groups in total. The van der Waals surface area contributed by atoms with Crippen molar-refractivity contribution in [1.82, 2.24) is 9.97 Å². The summed E-state index contributed by atoms with van der Waals surface area (Å²) in [6.07, 6.45) is 14.5. The number of aliphatic hydroxyl groups is 1. The highest BCUT2D eigenvalue weighted by atomic mass is 16.6. The number of quaternary nitrogens is 1. The van der Waals surface area contributed by atoms with Crippen LogP contribution in [0, 0.1) is 5.92 Å². The molecule has 2 fully saturated rings. The van der Waals surface area contributed by atoms with E-state index in [-0.39, 0.29) is 12.0 Å². The van der Waals surface area contributed by atoms with Gasteiger partial charge in [-0.15, -0.1) is 0 Å². The van der Waals surface area contributed by atoms with E-state index in [1.807, 2.05) is 42.7 Å². The second-order valence-corrected chi connectivity index (χ2v) is 10.1. The Morgan fingerprint density at radius 3 is 2.55 bits per heavy atom. The zero-order chi connectivity index (χ0) is 23.2. The number of likely N-dealkylation sites (tertiary alicyclic amines) is 1. The lowest BCUT2D eigenvalue weighted by atomic mass is 9.73. The van der Waals surface area contributed by atoms with E-state index in [0.717, 1.165) is 74.5 Å². The number of likely N-dealkylation sites (N-methyl/N-ethyl adjacent to an activating group) is 1. The van der Waals surface area contributed by atoms with Gasteiger partial charge in [0.15, 0.2) is 5.60 Å². The molecular formula is C27H38N3O3+. The van der Waals surface area contributed by atoms with Crippen LogP contribution in [0.25, 0.3) is 0 Å². The van der Waals surface area contributed by atoms with Crippen molar-refractivity contribution in [3.05, 3.63) is 60.2 Å². The number of carbonyl (C=O) groups is 1. The van der Waals surface area contributed by atoms with Crippen LogP contribution < -0.4 is 0 Å². The maximum atomic E-state index is 13.4. The molecule has 2 aliphatic rings. The average molecular weight is 453 g/mol. The number of hydrogen-bond donors (Lipinski definition) is 1. The zero-order valence-corrected chi connectivity index (χ0v) is 19.9. The predicted octanol–water partition coefficient (Wildman–Crippen LogP) is 4.03. The zero-order valence-electron chi connectivity index (χ0n) is 19.9. The van der Waals surface area contributed by atoms with E-state index in [1.54, 1.807) is 6.33 Å². The minimum Gasteiger partial charge on any atom is -0.457 e. The number of nitrogens with zero attached hydrogens (tertiary/aromatic N) is 3. The van der Waals surface area contributed by atoms with Crippen LogP contribution in [0.3, 0.4) is 0 Å². The minimum atomic E-state index is -1.56. The summed E-state index contributed by atoms with van der Waals surface area (Å²) in [5.74, 6) is -0.556. The Bertz CT molecular complexity index is 888. The summed E-state index contributed by atoms with van der Waals surface area (Å²) >= 11 is 0. The Balaban J connectivity index is 1.39. The van der Waals surface area contributed by atoms with Gasteiger partial charge >= 0.3 is 5.97 Å². The fourth-order valence-corrected chi connectivity index (χ4v) is 5.86. The lowest BCUT2D eigenvalue weighted by Crippen LogP contribution is -2.52. The minimum absolute atomic E-state index is 0.0845. The summed E-state index contributed by atoms with van der Waals surface area (Å²) in [5.41, 5.74) is 0.263. The number of esters is 1. The lowest BCUT2D eigenvalue weighted by Gasteiger charge is -2.39. The Morgan fingerprint density at radius 2 is 1.82 bits per heavy atom. The number of ether oxygens (including phenoxy) is 1. The van der Waals surface area contributed by atoms with E-state index in [9.17, 15) is 9.90 Å². The second-order valence-electron chi connectivity index (χ2n) is 10.1. The topological polar surface area (TPSA) is 72.3 Å². The van der Waals surface area contributed by atoms with Crippen LogP contribution in [0.1, 0.15) is 62.5 Å². The van der Waals surface area contributed by atoms with Crippen molar-refractivity contribution < 1.29 is 19.1 Å². The number of carbonyl (C=O) groups excluding carboxylic acids is 1. The molecule has 1 aliphatic heterocycles. The summed E-state index contributed by atoms with van der Waals surface area (Å²) in [6.45, 7) is 2.49. The molecule has 0 spiro atoms. The molecule has 1 saturated carbocycles. The highest BCUT2D eigenvalue weighted by Crippen LogP contribution is 2.40. The summed E-state index contributed by atoms with van der Waals surface area (Å²) in [5, 5.41) is 11.8. The van der Waals surface area contributed by atoms with Gasteiger partial charge in [0.25, 0.3) is 0 Å². The van der Waals surface area contributed by atoms with E-state index in [4.69, 9.17) is 4.74 Å². The molecule has 2 heterocycles. The van der Waals surface area contributed by atoms with Crippen LogP contribution >= 0.6 is 0 Å². The molecule has 0 radical (unpaired) electrons. The summed E-state index contributed by atoms with van der Waals surface area (Å²) < 4.78 is 6.85. The van der Waals surface area contributed by atoms with E-state index in [2.05, 4.69) is 17.0 Å². The molecular weight excluding hydrogens is 414 g/mol. The first kappa shape index (κ1) is 23.8. The van der Waals surface area contributed by atoms with Gasteiger partial charge in [-0.25, -0.2) is 14.8 Å². The highest BCUT2D eigenvalue weighted by Gasteiger charge is 2.48. The first-order valence-corrected chi connectivity index (χ1v) is 12.6. The van der Waals surface area contributed by atoms with Gasteiger partial charge in [0.05, 0.1) is 20.1 Å². The molecule has 6 nitrogen and oxygen atoms in total. The molecule has 1 aliphatic carbocycles. The molecule has 1 aromatic heterocycles. The summed E-state index contributed by atoms with van der Waals surface area (Å²) in [4.78, 5) is 21.6. The molecule has 4 rings (SSSR count). The van der Waals surface area contributed by atoms with Crippen molar-refractivity contribution in [1.29, 1.82) is 0 Å². The molecule has 1 aromatic carbocycles. The van der Waals surface area contributed by atoms with Crippen LogP contribution in [-0.2, 0) is 21.6 Å². The Kier molecular flexibility index (Phi) is 7.76. The third-order valence-electron chi connectivity index (χ3n) is 7.96. The fraction of sp³-hybridized carbons (Fsp3) is 0.593. The van der Waals surface area contributed by atoms with E-state index in [0.29, 0.717) is 12.2 Å². The SMILES string of the molecule is C[N+]1(CCCc2cncnc2)CCC[C@@H]1COC(=O)C(O)(c1ccccc1)C1CCCCC1. The Labute approximate surface area is 197 Å². The normalized spacial score (nSPS) is 25.5. The van der Waals surface area contributed by atoms with Gasteiger partial charge in [-0.05, 0) is 30.4 Å². The molecule has 6 heteroatoms. The number of aryl methyl sites for hydroxylation is 1. The first-order chi connectivity index (χ1) is 16.0. The quantitative estimate of drug-likeness (QED) is 0.459. The molecule has 2 unspecified atom stereocenters. The second kappa shape index (κ2) is 10.7. The molecule has 1 saturated heterocycles. The summed E-state index contributed by atoms with van der Waals surface area (Å²) in [7, 11) is 2.28. The maximum absolute atomic E-state index is 13.4. The van der Waals surface area contributed by atoms with E-state index < -0.39 is 11.6 Å². The molecule has 3 atom stereocenters. The standard InChI is InChI=1S/C27H38N3O3/c1-30(16-8-10-22-18-28-21-29-19-22)17-9-15-25(30)20-33-26(31)27(32,23-11-4-2-5-12-23)24-13-6-3-7-14-24/h2,4-5,11-12,18-19,21,24-25,32H,3,6-10,13-17,20H2,1H3/q+1/t25-,27?,30?/m1/s1. The van der Waals surface area contributed by atoms with Crippen LogP contribution in [-0.4, -0.2) is 58.3 Å².